The first-order valence-corrected chi connectivity index (χ1v) is 11.1. The number of aliphatic imine (C=N–C) groups is 1. The van der Waals surface area contributed by atoms with Crippen molar-refractivity contribution >= 4 is 35.6 Å². The maximum atomic E-state index is 13.1. The zero-order valence-electron chi connectivity index (χ0n) is 19.0. The van der Waals surface area contributed by atoms with Crippen LogP contribution in [0.4, 0.5) is 11.4 Å². The molecule has 1 atom stereocenters. The molecule has 0 unspecified atom stereocenters. The normalized spacial score (nSPS) is 23.4. The maximum Gasteiger partial charge on any atom is 0.261 e. The zero-order chi connectivity index (χ0) is 24.3. The standard InChI is InChI=1S/C23H29N7O4/c1-23(33)11-15-9-17(28-22(32)16(12-24)21-26-3-2-4-27-21)18(10-19(15)34-14-23)30-7-5-29(6-8-30)13-20(25)31/h2-4,9-10,12,24,26,33H,5-8,11,13-14H2,1H3,(H2,25,31)(H,28,32)/b21-16-,24-12?/t23-/m1/s1. The quantitative estimate of drug-likeness (QED) is 0.290. The molecule has 0 bridgehead atoms. The summed E-state index contributed by atoms with van der Waals surface area (Å²) in [5, 5.41) is 24.0. The number of hydrogen-bond acceptors (Lipinski definition) is 9. The minimum atomic E-state index is -1.01. The van der Waals surface area contributed by atoms with Crippen molar-refractivity contribution in [2.75, 3.05) is 49.5 Å². The molecule has 1 saturated heterocycles. The Bertz CT molecular complexity index is 1090. The van der Waals surface area contributed by atoms with E-state index in [4.69, 9.17) is 15.9 Å². The lowest BCUT2D eigenvalue weighted by atomic mass is 9.93. The second-order valence-corrected chi connectivity index (χ2v) is 8.81. The number of anilines is 2. The van der Waals surface area contributed by atoms with Gasteiger partial charge < -0.3 is 36.5 Å². The predicted molar refractivity (Wildman–Crippen MR) is 129 cm³/mol. The molecule has 6 N–H and O–H groups in total. The molecule has 3 aliphatic heterocycles. The molecule has 0 aliphatic carbocycles. The van der Waals surface area contributed by atoms with E-state index in [1.807, 2.05) is 17.0 Å². The van der Waals surface area contributed by atoms with Gasteiger partial charge in [0.1, 0.15) is 18.2 Å². The summed E-state index contributed by atoms with van der Waals surface area (Å²) in [5.74, 6) is 0.0907. The summed E-state index contributed by atoms with van der Waals surface area (Å²) < 4.78 is 5.82. The molecule has 1 aromatic rings. The Morgan fingerprint density at radius 2 is 2.12 bits per heavy atom. The van der Waals surface area contributed by atoms with Crippen LogP contribution in [-0.4, -0.2) is 79.2 Å². The van der Waals surface area contributed by atoms with E-state index < -0.39 is 11.5 Å². The van der Waals surface area contributed by atoms with Gasteiger partial charge in [-0.25, -0.2) is 4.99 Å². The van der Waals surface area contributed by atoms with E-state index in [0.717, 1.165) is 17.5 Å². The van der Waals surface area contributed by atoms with E-state index in [1.165, 1.54) is 6.21 Å². The van der Waals surface area contributed by atoms with Gasteiger partial charge in [-0.1, -0.05) is 0 Å². The van der Waals surface area contributed by atoms with Crippen molar-refractivity contribution in [1.29, 1.82) is 5.41 Å². The first-order chi connectivity index (χ1) is 16.3. The van der Waals surface area contributed by atoms with Crippen molar-refractivity contribution in [3.05, 3.63) is 41.4 Å². The SMILES string of the molecule is C[C@]1(O)COc2cc(N3CCN(CC(N)=O)CC3)c(NC(=O)/C(C=N)=C3\N=CC=CN3)cc2C1. The molecule has 11 heteroatoms. The van der Waals surface area contributed by atoms with Crippen LogP contribution in [0, 0.1) is 5.41 Å². The summed E-state index contributed by atoms with van der Waals surface area (Å²) in [6.45, 7) is 4.63. The van der Waals surface area contributed by atoms with Crippen LogP contribution in [0.15, 0.2) is 40.8 Å². The van der Waals surface area contributed by atoms with E-state index in [1.54, 1.807) is 19.2 Å². The summed E-state index contributed by atoms with van der Waals surface area (Å²) in [4.78, 5) is 32.6. The highest BCUT2D eigenvalue weighted by Crippen LogP contribution is 2.39. The minimum absolute atomic E-state index is 0.0822. The van der Waals surface area contributed by atoms with Crippen molar-refractivity contribution < 1.29 is 19.4 Å². The van der Waals surface area contributed by atoms with Gasteiger partial charge in [0, 0.05) is 57.3 Å². The first-order valence-electron chi connectivity index (χ1n) is 11.1. The lowest BCUT2D eigenvalue weighted by Crippen LogP contribution is -2.49. The molecule has 0 spiro atoms. The number of hydrogen-bond donors (Lipinski definition) is 5. The number of carbonyl (C=O) groups is 2. The number of amides is 2. The van der Waals surface area contributed by atoms with Gasteiger partial charge in [0.25, 0.3) is 5.91 Å². The smallest absolute Gasteiger partial charge is 0.261 e. The van der Waals surface area contributed by atoms with Gasteiger partial charge in [0.05, 0.1) is 29.1 Å². The molecule has 11 nitrogen and oxygen atoms in total. The fourth-order valence-electron chi connectivity index (χ4n) is 4.21. The molecule has 1 aromatic carbocycles. The lowest BCUT2D eigenvalue weighted by molar-refractivity contribution is -0.119. The molecule has 34 heavy (non-hydrogen) atoms. The van der Waals surface area contributed by atoms with E-state index in [2.05, 4.69) is 20.5 Å². The first kappa shape index (κ1) is 23.5. The molecule has 1 fully saturated rings. The van der Waals surface area contributed by atoms with Crippen LogP contribution in [0.1, 0.15) is 12.5 Å². The highest BCUT2D eigenvalue weighted by Gasteiger charge is 2.31. The molecule has 180 valence electrons. The Labute approximate surface area is 197 Å². The average Bonchev–Trinajstić information content (AvgIpc) is 2.79. The van der Waals surface area contributed by atoms with Gasteiger partial charge >= 0.3 is 0 Å². The van der Waals surface area contributed by atoms with Crippen LogP contribution in [0.25, 0.3) is 0 Å². The summed E-state index contributed by atoms with van der Waals surface area (Å²) in [6, 6.07) is 3.69. The number of allylic oxidation sites excluding steroid dienone is 1. The summed E-state index contributed by atoms with van der Waals surface area (Å²) >= 11 is 0. The summed E-state index contributed by atoms with van der Waals surface area (Å²) in [6.07, 6.45) is 6.20. The highest BCUT2D eigenvalue weighted by atomic mass is 16.5. The van der Waals surface area contributed by atoms with Crippen molar-refractivity contribution in [2.24, 2.45) is 10.7 Å². The predicted octanol–water partition coefficient (Wildman–Crippen LogP) is -0.0328. The maximum absolute atomic E-state index is 13.1. The monoisotopic (exact) mass is 467 g/mol. The second kappa shape index (κ2) is 9.65. The Morgan fingerprint density at radius 1 is 1.35 bits per heavy atom. The third-order valence-corrected chi connectivity index (χ3v) is 5.88. The van der Waals surface area contributed by atoms with E-state index in [9.17, 15) is 14.7 Å². The molecule has 2 amide bonds. The number of nitrogens with zero attached hydrogens (tertiary/aromatic N) is 3. The fourth-order valence-corrected chi connectivity index (χ4v) is 4.21. The second-order valence-electron chi connectivity index (χ2n) is 8.81. The number of nitrogens with two attached hydrogens (primary N) is 1. The van der Waals surface area contributed by atoms with Crippen LogP contribution in [0.5, 0.6) is 5.75 Å². The van der Waals surface area contributed by atoms with E-state index in [0.29, 0.717) is 44.0 Å². The van der Waals surface area contributed by atoms with Gasteiger partial charge in [-0.3, -0.25) is 14.5 Å². The molecular formula is C23H29N7O4. The Morgan fingerprint density at radius 3 is 2.76 bits per heavy atom. The Hall–Kier alpha value is -3.70. The minimum Gasteiger partial charge on any atom is -0.490 e. The largest absolute Gasteiger partial charge is 0.490 e. The number of fused-ring (bicyclic) bond motifs is 1. The Balaban J connectivity index is 1.64. The molecule has 0 saturated carbocycles. The summed E-state index contributed by atoms with van der Waals surface area (Å²) in [7, 11) is 0. The number of piperazine rings is 1. The van der Waals surface area contributed by atoms with E-state index in [-0.39, 0.29) is 30.5 Å². The van der Waals surface area contributed by atoms with Crippen molar-refractivity contribution in [2.45, 2.75) is 18.9 Å². The van der Waals surface area contributed by atoms with Crippen LogP contribution in [0.3, 0.4) is 0 Å². The average molecular weight is 468 g/mol. The Kier molecular flexibility index (Phi) is 6.66. The van der Waals surface area contributed by atoms with Crippen LogP contribution >= 0.6 is 0 Å². The molecule has 4 rings (SSSR count). The zero-order valence-corrected chi connectivity index (χ0v) is 19.0. The van der Waals surface area contributed by atoms with Crippen molar-refractivity contribution in [1.82, 2.24) is 10.2 Å². The molecular weight excluding hydrogens is 438 g/mol. The van der Waals surface area contributed by atoms with Crippen LogP contribution < -0.4 is 26.0 Å². The number of benzene rings is 1. The molecule has 0 aromatic heterocycles. The molecule has 3 aliphatic rings. The number of rotatable bonds is 6. The highest BCUT2D eigenvalue weighted by molar-refractivity contribution is 6.18. The third kappa shape index (κ3) is 5.26. The van der Waals surface area contributed by atoms with Gasteiger partial charge in [0.2, 0.25) is 5.91 Å². The van der Waals surface area contributed by atoms with Gasteiger partial charge in [-0.05, 0) is 24.6 Å². The van der Waals surface area contributed by atoms with Crippen LogP contribution in [0.2, 0.25) is 0 Å². The summed E-state index contributed by atoms with van der Waals surface area (Å²) in [5.41, 5.74) is 6.49. The molecule has 3 heterocycles. The topological polar surface area (TPSA) is 156 Å². The van der Waals surface area contributed by atoms with Gasteiger partial charge in [0.15, 0.2) is 0 Å². The van der Waals surface area contributed by atoms with Gasteiger partial charge in [-0.15, -0.1) is 0 Å². The van der Waals surface area contributed by atoms with Crippen molar-refractivity contribution in [3.63, 3.8) is 0 Å². The lowest BCUT2D eigenvalue weighted by Gasteiger charge is -2.37. The van der Waals surface area contributed by atoms with Crippen LogP contribution in [-0.2, 0) is 16.0 Å². The molecule has 0 radical (unpaired) electrons. The number of aliphatic hydroxyl groups is 1. The fraction of sp³-hybridized carbons (Fsp3) is 0.391. The number of nitrogens with one attached hydrogen (secondary N) is 3. The number of carbonyl (C=O) groups excluding carboxylic acids is 2. The number of ether oxygens (including phenoxy) is 1. The van der Waals surface area contributed by atoms with Crippen molar-refractivity contribution in [3.8, 4) is 5.75 Å². The van der Waals surface area contributed by atoms with Gasteiger partial charge in [-0.2, -0.15) is 0 Å². The van der Waals surface area contributed by atoms with E-state index >= 15 is 0 Å². The third-order valence-electron chi connectivity index (χ3n) is 5.88. The number of primary amides is 1.